The van der Waals surface area contributed by atoms with Crippen LogP contribution in [0.4, 0.5) is 5.69 Å². The van der Waals surface area contributed by atoms with Crippen LogP contribution in [0.15, 0.2) is 108 Å². The van der Waals surface area contributed by atoms with Crippen LogP contribution in [0.1, 0.15) is 48.6 Å². The minimum atomic E-state index is -4.15. The van der Waals surface area contributed by atoms with Crippen molar-refractivity contribution >= 4 is 27.5 Å². The Morgan fingerprint density at radius 2 is 1.33 bits per heavy atom. The predicted molar refractivity (Wildman–Crippen MR) is 180 cm³/mol. The maximum absolute atomic E-state index is 14.6. The Labute approximate surface area is 268 Å². The third-order valence-corrected chi connectivity index (χ3v) is 9.26. The van der Waals surface area contributed by atoms with Gasteiger partial charge in [-0.2, -0.15) is 0 Å². The van der Waals surface area contributed by atoms with Gasteiger partial charge in [-0.15, -0.1) is 0 Å². The van der Waals surface area contributed by atoms with Crippen molar-refractivity contribution in [2.75, 3.05) is 10.8 Å². The number of rotatable bonds is 11. The second-order valence-corrected chi connectivity index (χ2v) is 14.4. The summed E-state index contributed by atoms with van der Waals surface area (Å²) in [6, 6.07) is 30.1. The third-order valence-electron chi connectivity index (χ3n) is 7.49. The van der Waals surface area contributed by atoms with Gasteiger partial charge in [0.25, 0.3) is 10.0 Å². The minimum Gasteiger partial charge on any atom is -0.350 e. The average Bonchev–Trinajstić information content (AvgIpc) is 3.00. The van der Waals surface area contributed by atoms with Gasteiger partial charge in [0.1, 0.15) is 12.6 Å². The second-order valence-electron chi connectivity index (χ2n) is 12.6. The van der Waals surface area contributed by atoms with Gasteiger partial charge in [0, 0.05) is 18.5 Å². The number of carbonyl (C=O) groups excluding carboxylic acids is 2. The number of hydrogen-bond acceptors (Lipinski definition) is 4. The van der Waals surface area contributed by atoms with Crippen molar-refractivity contribution in [1.29, 1.82) is 0 Å². The Morgan fingerprint density at radius 1 is 0.756 bits per heavy atom. The number of aryl methyl sites for hydroxylation is 3. The maximum atomic E-state index is 14.6. The van der Waals surface area contributed by atoms with Crippen molar-refractivity contribution < 1.29 is 18.0 Å². The molecule has 1 atom stereocenters. The number of sulfonamides is 1. The van der Waals surface area contributed by atoms with Crippen LogP contribution in [-0.2, 0) is 32.6 Å². The van der Waals surface area contributed by atoms with Crippen LogP contribution in [-0.4, -0.2) is 43.3 Å². The first-order valence-electron chi connectivity index (χ1n) is 15.1. The predicted octanol–water partition coefficient (Wildman–Crippen LogP) is 6.36. The van der Waals surface area contributed by atoms with E-state index in [0.717, 1.165) is 22.3 Å². The van der Waals surface area contributed by atoms with Gasteiger partial charge >= 0.3 is 0 Å². The molecule has 0 fully saturated rings. The zero-order chi connectivity index (χ0) is 32.8. The number of anilines is 1. The smallest absolute Gasteiger partial charge is 0.264 e. The van der Waals surface area contributed by atoms with Crippen LogP contribution in [0.5, 0.6) is 0 Å². The van der Waals surface area contributed by atoms with E-state index in [4.69, 9.17) is 0 Å². The van der Waals surface area contributed by atoms with Gasteiger partial charge in [-0.1, -0.05) is 90.5 Å². The van der Waals surface area contributed by atoms with Crippen LogP contribution >= 0.6 is 0 Å². The number of carbonyl (C=O) groups is 2. The van der Waals surface area contributed by atoms with Crippen molar-refractivity contribution in [2.45, 2.75) is 71.0 Å². The maximum Gasteiger partial charge on any atom is 0.264 e. The molecule has 0 spiro atoms. The molecule has 0 aromatic heterocycles. The molecular weight excluding hydrogens is 582 g/mol. The largest absolute Gasteiger partial charge is 0.350 e. The number of nitrogens with one attached hydrogen (secondary N) is 1. The highest BCUT2D eigenvalue weighted by molar-refractivity contribution is 7.92. The van der Waals surface area contributed by atoms with E-state index in [2.05, 4.69) is 5.32 Å². The first-order chi connectivity index (χ1) is 21.2. The third kappa shape index (κ3) is 8.82. The summed E-state index contributed by atoms with van der Waals surface area (Å²) in [7, 11) is -4.15. The highest BCUT2D eigenvalue weighted by Gasteiger charge is 2.36. The zero-order valence-corrected chi connectivity index (χ0v) is 27.8. The summed E-state index contributed by atoms with van der Waals surface area (Å²) in [4.78, 5) is 30.2. The summed E-state index contributed by atoms with van der Waals surface area (Å²) in [5.41, 5.74) is 4.23. The zero-order valence-electron chi connectivity index (χ0n) is 26.9. The fourth-order valence-electron chi connectivity index (χ4n) is 5.12. The standard InChI is InChI=1S/C37H43N3O4S/c1-27-18-21-31(22-19-27)25-39(34(36(42)38-37(4,5)6)24-30-13-9-7-10-14-30)35(41)26-40(33-23-28(2)17-20-29(33)3)45(43,44)32-15-11-8-12-16-32/h7-23,34H,24-26H2,1-6H3,(H,38,42)/t34-/m0/s1. The summed E-state index contributed by atoms with van der Waals surface area (Å²) in [5, 5.41) is 3.06. The van der Waals surface area contributed by atoms with Gasteiger partial charge < -0.3 is 10.2 Å². The molecule has 0 aliphatic carbocycles. The quantitative estimate of drug-likeness (QED) is 0.210. The molecule has 0 bridgehead atoms. The fraction of sp³-hybridized carbons (Fsp3) is 0.297. The second kappa shape index (κ2) is 14.1. The molecule has 4 aromatic rings. The Bertz CT molecular complexity index is 1720. The number of hydrogen-bond donors (Lipinski definition) is 1. The normalized spacial score (nSPS) is 12.3. The summed E-state index contributed by atoms with van der Waals surface area (Å²) in [5.74, 6) is -0.794. The van der Waals surface area contributed by atoms with Gasteiger partial charge in [0.05, 0.1) is 10.6 Å². The van der Waals surface area contributed by atoms with Crippen molar-refractivity contribution in [1.82, 2.24) is 10.2 Å². The highest BCUT2D eigenvalue weighted by atomic mass is 32.2. The lowest BCUT2D eigenvalue weighted by Crippen LogP contribution is -2.56. The van der Waals surface area contributed by atoms with Crippen LogP contribution in [0.25, 0.3) is 0 Å². The lowest BCUT2D eigenvalue weighted by Gasteiger charge is -2.35. The molecule has 1 N–H and O–H groups in total. The van der Waals surface area contributed by atoms with E-state index in [1.165, 1.54) is 21.3 Å². The lowest BCUT2D eigenvalue weighted by molar-refractivity contribution is -0.140. The van der Waals surface area contributed by atoms with E-state index in [1.54, 1.807) is 24.3 Å². The van der Waals surface area contributed by atoms with E-state index in [9.17, 15) is 18.0 Å². The van der Waals surface area contributed by atoms with E-state index < -0.39 is 34.1 Å². The van der Waals surface area contributed by atoms with Gasteiger partial charge in [0.2, 0.25) is 11.8 Å². The lowest BCUT2D eigenvalue weighted by atomic mass is 10.0. The average molecular weight is 626 g/mol. The molecule has 45 heavy (non-hydrogen) atoms. The summed E-state index contributed by atoms with van der Waals surface area (Å²) in [6.45, 7) is 11.0. The Kier molecular flexibility index (Phi) is 10.5. The molecule has 4 aromatic carbocycles. The molecule has 4 rings (SSSR count). The molecule has 0 aliphatic heterocycles. The van der Waals surface area contributed by atoms with Crippen LogP contribution in [0.2, 0.25) is 0 Å². The Hall–Kier alpha value is -4.43. The monoisotopic (exact) mass is 625 g/mol. The SMILES string of the molecule is Cc1ccc(CN(C(=O)CN(c2cc(C)ccc2C)S(=O)(=O)c2ccccc2)[C@@H](Cc2ccccc2)C(=O)NC(C)(C)C)cc1. The number of benzene rings is 4. The molecule has 236 valence electrons. The van der Waals surface area contributed by atoms with Gasteiger partial charge in [-0.3, -0.25) is 13.9 Å². The molecular formula is C37H43N3O4S. The van der Waals surface area contributed by atoms with E-state index in [1.807, 2.05) is 108 Å². The highest BCUT2D eigenvalue weighted by Crippen LogP contribution is 2.29. The molecule has 0 saturated heterocycles. The van der Waals surface area contributed by atoms with Crippen molar-refractivity contribution in [3.8, 4) is 0 Å². The van der Waals surface area contributed by atoms with Crippen LogP contribution < -0.4 is 9.62 Å². The summed E-state index contributed by atoms with van der Waals surface area (Å²) < 4.78 is 29.6. The summed E-state index contributed by atoms with van der Waals surface area (Å²) >= 11 is 0. The minimum absolute atomic E-state index is 0.0788. The van der Waals surface area contributed by atoms with Crippen LogP contribution in [0, 0.1) is 20.8 Å². The Morgan fingerprint density at radius 3 is 1.93 bits per heavy atom. The first-order valence-corrected chi connectivity index (χ1v) is 16.5. The van der Waals surface area contributed by atoms with Gasteiger partial charge in [0.15, 0.2) is 0 Å². The molecule has 0 aliphatic rings. The van der Waals surface area contributed by atoms with Crippen molar-refractivity contribution in [3.63, 3.8) is 0 Å². The van der Waals surface area contributed by atoms with E-state index in [-0.39, 0.29) is 23.8 Å². The van der Waals surface area contributed by atoms with Crippen molar-refractivity contribution in [3.05, 3.63) is 131 Å². The molecule has 7 nitrogen and oxygen atoms in total. The molecule has 0 radical (unpaired) electrons. The molecule has 0 heterocycles. The van der Waals surface area contributed by atoms with Gasteiger partial charge in [-0.25, -0.2) is 8.42 Å². The molecule has 2 amide bonds. The van der Waals surface area contributed by atoms with Crippen LogP contribution in [0.3, 0.4) is 0 Å². The topological polar surface area (TPSA) is 86.8 Å². The number of amides is 2. The van der Waals surface area contributed by atoms with Gasteiger partial charge in [-0.05, 0) is 82.0 Å². The van der Waals surface area contributed by atoms with E-state index >= 15 is 0 Å². The van der Waals surface area contributed by atoms with E-state index in [0.29, 0.717) is 11.3 Å². The molecule has 0 unspecified atom stereocenters. The number of nitrogens with zero attached hydrogens (tertiary/aromatic N) is 2. The fourth-order valence-corrected chi connectivity index (χ4v) is 6.61. The molecule has 8 heteroatoms. The Balaban J connectivity index is 1.84. The summed E-state index contributed by atoms with van der Waals surface area (Å²) in [6.07, 6.45) is 0.259. The first kappa shape index (κ1) is 33.5. The molecule has 0 saturated carbocycles. The van der Waals surface area contributed by atoms with Crippen molar-refractivity contribution in [2.24, 2.45) is 0 Å².